The molecule has 1 amide bonds. The fourth-order valence-corrected chi connectivity index (χ4v) is 3.50. The van der Waals surface area contributed by atoms with E-state index < -0.39 is 23.7 Å². The van der Waals surface area contributed by atoms with Crippen molar-refractivity contribution >= 4 is 23.0 Å². The van der Waals surface area contributed by atoms with Crippen molar-refractivity contribution in [2.75, 3.05) is 0 Å². The van der Waals surface area contributed by atoms with Gasteiger partial charge in [-0.05, 0) is 38.0 Å². The van der Waals surface area contributed by atoms with Gasteiger partial charge in [0.15, 0.2) is 0 Å². The molecule has 0 fully saturated rings. The summed E-state index contributed by atoms with van der Waals surface area (Å²) in [7, 11) is 1.96. The fourth-order valence-electron chi connectivity index (χ4n) is 3.50. The van der Waals surface area contributed by atoms with Gasteiger partial charge >= 0.3 is 12.1 Å². The Morgan fingerprint density at radius 3 is 2.31 bits per heavy atom. The number of benzene rings is 2. The number of nitrogens with zero attached hydrogens (tertiary/aromatic N) is 1. The molecule has 0 bridgehead atoms. The highest BCUT2D eigenvalue weighted by Gasteiger charge is 2.27. The predicted octanol–water partition coefficient (Wildman–Crippen LogP) is 4.37. The number of para-hydroxylation sites is 1. The SMILES string of the molecule is Cn1c(-c2ccccc2)c(CC(NC(=O)OC(C)(C)C)C(=O)O)c2ccccc21. The second-order valence-corrected chi connectivity index (χ2v) is 8.01. The van der Waals surface area contributed by atoms with E-state index in [0.29, 0.717) is 0 Å². The molecule has 0 radical (unpaired) electrons. The van der Waals surface area contributed by atoms with Crippen molar-refractivity contribution < 1.29 is 19.4 Å². The number of carbonyl (C=O) groups excluding carboxylic acids is 1. The largest absolute Gasteiger partial charge is 0.480 e. The lowest BCUT2D eigenvalue weighted by atomic mass is 9.99. The summed E-state index contributed by atoms with van der Waals surface area (Å²) in [6.45, 7) is 5.21. The van der Waals surface area contributed by atoms with Crippen molar-refractivity contribution in [2.24, 2.45) is 7.05 Å². The van der Waals surface area contributed by atoms with Crippen LogP contribution >= 0.6 is 0 Å². The first-order valence-electron chi connectivity index (χ1n) is 9.51. The van der Waals surface area contributed by atoms with Crippen molar-refractivity contribution in [2.45, 2.75) is 38.8 Å². The molecule has 2 aromatic carbocycles. The van der Waals surface area contributed by atoms with Crippen molar-refractivity contribution in [1.82, 2.24) is 9.88 Å². The van der Waals surface area contributed by atoms with Crippen LogP contribution in [0.5, 0.6) is 0 Å². The van der Waals surface area contributed by atoms with Gasteiger partial charge in [-0.15, -0.1) is 0 Å². The third-order valence-corrected chi connectivity index (χ3v) is 4.66. The number of aliphatic carboxylic acids is 1. The lowest BCUT2D eigenvalue weighted by Crippen LogP contribution is -2.44. The van der Waals surface area contributed by atoms with Gasteiger partial charge in [0.25, 0.3) is 0 Å². The molecule has 6 nitrogen and oxygen atoms in total. The topological polar surface area (TPSA) is 80.6 Å². The average Bonchev–Trinajstić information content (AvgIpc) is 2.92. The first-order valence-corrected chi connectivity index (χ1v) is 9.51. The second kappa shape index (κ2) is 7.99. The van der Waals surface area contributed by atoms with Gasteiger partial charge in [0.2, 0.25) is 0 Å². The van der Waals surface area contributed by atoms with Crippen molar-refractivity contribution in [1.29, 1.82) is 0 Å². The smallest absolute Gasteiger partial charge is 0.408 e. The standard InChI is InChI=1S/C23H26N2O4/c1-23(2,3)29-22(28)24-18(21(26)27)14-17-16-12-8-9-13-19(16)25(4)20(17)15-10-6-5-7-11-15/h5-13,18H,14H2,1-4H3,(H,24,28)(H,26,27). The molecule has 3 rings (SSSR count). The summed E-state index contributed by atoms with van der Waals surface area (Å²) in [6, 6.07) is 16.6. The quantitative estimate of drug-likeness (QED) is 0.674. The number of hydrogen-bond acceptors (Lipinski definition) is 3. The van der Waals surface area contributed by atoms with E-state index in [1.165, 1.54) is 0 Å². The first-order chi connectivity index (χ1) is 13.7. The molecular formula is C23H26N2O4. The van der Waals surface area contributed by atoms with Crippen LogP contribution in [0.4, 0.5) is 4.79 Å². The highest BCUT2D eigenvalue weighted by molar-refractivity contribution is 5.93. The van der Waals surface area contributed by atoms with E-state index in [0.717, 1.165) is 27.7 Å². The summed E-state index contributed by atoms with van der Waals surface area (Å²) in [5.41, 5.74) is 3.09. The zero-order valence-electron chi connectivity index (χ0n) is 17.1. The molecule has 6 heteroatoms. The Morgan fingerprint density at radius 1 is 1.07 bits per heavy atom. The molecule has 0 aliphatic heterocycles. The van der Waals surface area contributed by atoms with Crippen molar-refractivity contribution in [3.63, 3.8) is 0 Å². The Morgan fingerprint density at radius 2 is 1.69 bits per heavy atom. The number of aromatic nitrogens is 1. The van der Waals surface area contributed by atoms with Crippen LogP contribution in [0.15, 0.2) is 54.6 Å². The summed E-state index contributed by atoms with van der Waals surface area (Å²) in [5, 5.41) is 13.2. The number of nitrogens with one attached hydrogen (secondary N) is 1. The maximum Gasteiger partial charge on any atom is 0.408 e. The van der Waals surface area contributed by atoms with E-state index in [9.17, 15) is 14.7 Å². The third-order valence-electron chi connectivity index (χ3n) is 4.66. The number of hydrogen-bond donors (Lipinski definition) is 2. The molecule has 0 spiro atoms. The molecular weight excluding hydrogens is 368 g/mol. The number of carbonyl (C=O) groups is 2. The lowest BCUT2D eigenvalue weighted by Gasteiger charge is -2.22. The molecule has 152 valence electrons. The minimum Gasteiger partial charge on any atom is -0.480 e. The van der Waals surface area contributed by atoms with Gasteiger partial charge in [-0.1, -0.05) is 48.5 Å². The molecule has 1 heterocycles. The average molecular weight is 394 g/mol. The lowest BCUT2D eigenvalue weighted by molar-refractivity contribution is -0.139. The highest BCUT2D eigenvalue weighted by atomic mass is 16.6. The van der Waals surface area contributed by atoms with E-state index in [2.05, 4.69) is 9.88 Å². The fraction of sp³-hybridized carbons (Fsp3) is 0.304. The normalized spacial score (nSPS) is 12.6. The van der Waals surface area contributed by atoms with E-state index in [-0.39, 0.29) is 6.42 Å². The number of ether oxygens (including phenoxy) is 1. The van der Waals surface area contributed by atoms with Crippen LogP contribution in [0.3, 0.4) is 0 Å². The Balaban J connectivity index is 2.03. The number of rotatable bonds is 5. The van der Waals surface area contributed by atoms with Gasteiger partial charge < -0.3 is 19.7 Å². The van der Waals surface area contributed by atoms with Crippen molar-refractivity contribution in [3.8, 4) is 11.3 Å². The molecule has 0 aliphatic rings. The number of fused-ring (bicyclic) bond motifs is 1. The maximum atomic E-state index is 12.2. The summed E-state index contributed by atoms with van der Waals surface area (Å²) < 4.78 is 7.31. The highest BCUT2D eigenvalue weighted by Crippen LogP contribution is 2.34. The Labute approximate surface area is 170 Å². The van der Waals surface area contributed by atoms with E-state index in [4.69, 9.17) is 4.74 Å². The Kier molecular flexibility index (Phi) is 5.64. The van der Waals surface area contributed by atoms with Gasteiger partial charge in [0, 0.05) is 24.4 Å². The molecule has 0 saturated carbocycles. The minimum absolute atomic E-state index is 0.139. The zero-order chi connectivity index (χ0) is 21.2. The van der Waals surface area contributed by atoms with Gasteiger partial charge in [-0.25, -0.2) is 9.59 Å². The van der Waals surface area contributed by atoms with E-state index >= 15 is 0 Å². The Bertz CT molecular complexity index is 1030. The molecule has 2 N–H and O–H groups in total. The van der Waals surface area contributed by atoms with Crippen LogP contribution in [-0.2, 0) is 23.0 Å². The van der Waals surface area contributed by atoms with E-state index in [1.54, 1.807) is 20.8 Å². The van der Waals surface area contributed by atoms with Crippen LogP contribution in [-0.4, -0.2) is 33.4 Å². The van der Waals surface area contributed by atoms with Crippen LogP contribution < -0.4 is 5.32 Å². The number of alkyl carbamates (subject to hydrolysis) is 1. The minimum atomic E-state index is -1.11. The van der Waals surface area contributed by atoms with Gasteiger partial charge in [0.05, 0.1) is 5.69 Å². The maximum absolute atomic E-state index is 12.2. The van der Waals surface area contributed by atoms with Crippen molar-refractivity contribution in [3.05, 3.63) is 60.2 Å². The number of amides is 1. The number of aryl methyl sites for hydroxylation is 1. The summed E-state index contributed by atoms with van der Waals surface area (Å²) in [6.07, 6.45) is -0.605. The van der Waals surface area contributed by atoms with Crippen LogP contribution in [0.2, 0.25) is 0 Å². The monoisotopic (exact) mass is 394 g/mol. The summed E-state index contributed by atoms with van der Waals surface area (Å²) in [4.78, 5) is 24.1. The third kappa shape index (κ3) is 4.59. The second-order valence-electron chi connectivity index (χ2n) is 8.01. The number of carboxylic acids is 1. The zero-order valence-corrected chi connectivity index (χ0v) is 17.1. The van der Waals surface area contributed by atoms with Gasteiger partial charge in [-0.3, -0.25) is 0 Å². The first kappa shape index (κ1) is 20.5. The molecule has 1 aromatic heterocycles. The molecule has 29 heavy (non-hydrogen) atoms. The van der Waals surface area contributed by atoms with Crippen LogP contribution in [0.1, 0.15) is 26.3 Å². The summed E-state index contributed by atoms with van der Waals surface area (Å²) >= 11 is 0. The van der Waals surface area contributed by atoms with Gasteiger partial charge in [0.1, 0.15) is 11.6 Å². The molecule has 0 aliphatic carbocycles. The van der Waals surface area contributed by atoms with Gasteiger partial charge in [-0.2, -0.15) is 0 Å². The number of carboxylic acid groups (broad SMARTS) is 1. The molecule has 0 saturated heterocycles. The molecule has 1 atom stereocenters. The van der Waals surface area contributed by atoms with Crippen LogP contribution in [0, 0.1) is 0 Å². The summed E-state index contributed by atoms with van der Waals surface area (Å²) in [5.74, 6) is -1.11. The van der Waals surface area contributed by atoms with E-state index in [1.807, 2.05) is 61.6 Å². The Hall–Kier alpha value is -3.28. The van der Waals surface area contributed by atoms with Crippen LogP contribution in [0.25, 0.3) is 22.2 Å². The molecule has 3 aromatic rings. The molecule has 1 unspecified atom stereocenters. The predicted molar refractivity (Wildman–Crippen MR) is 113 cm³/mol.